The third-order valence-electron chi connectivity index (χ3n) is 5.40. The van der Waals surface area contributed by atoms with E-state index in [9.17, 15) is 13.2 Å². The molecule has 4 rings (SSSR count). The van der Waals surface area contributed by atoms with E-state index in [2.05, 4.69) is 17.2 Å². The zero-order chi connectivity index (χ0) is 22.0. The number of sulfonamides is 1. The van der Waals surface area contributed by atoms with Gasteiger partial charge >= 0.3 is 0 Å². The number of thiazole rings is 1. The Hall–Kier alpha value is -2.49. The zero-order valence-electron chi connectivity index (χ0n) is 17.5. The van der Waals surface area contributed by atoms with Crippen LogP contribution < -0.4 is 10.1 Å². The van der Waals surface area contributed by atoms with E-state index in [1.54, 1.807) is 0 Å². The monoisotopic (exact) mass is 459 g/mol. The molecule has 0 saturated carbocycles. The van der Waals surface area contributed by atoms with Crippen molar-refractivity contribution in [3.05, 3.63) is 48.0 Å². The lowest BCUT2D eigenvalue weighted by atomic mass is 10.0. The zero-order valence-corrected chi connectivity index (χ0v) is 19.1. The minimum atomic E-state index is -3.54. The Morgan fingerprint density at radius 1 is 1.19 bits per heavy atom. The lowest BCUT2D eigenvalue weighted by molar-refractivity contribution is 0.102. The first-order valence-electron chi connectivity index (χ1n) is 10.3. The smallest absolute Gasteiger partial charge is 0.257 e. The molecule has 2 heterocycles. The van der Waals surface area contributed by atoms with Crippen molar-refractivity contribution in [2.45, 2.75) is 31.6 Å². The standard InChI is InChI=1S/C22H25N3O4S2/c1-3-29-18-5-4-6-19-20(18)23-22(30-19)24-21(26)16-7-9-17(10-8-16)31(27,28)25-13-11-15(2)12-14-25/h4-10,15H,3,11-14H2,1-2H3,(H,23,24,26). The average molecular weight is 460 g/mol. The lowest BCUT2D eigenvalue weighted by Gasteiger charge is -2.29. The fourth-order valence-corrected chi connectivity index (χ4v) is 5.92. The van der Waals surface area contributed by atoms with Crippen LogP contribution in [0.25, 0.3) is 10.2 Å². The van der Waals surface area contributed by atoms with Crippen LogP contribution in [0.1, 0.15) is 37.0 Å². The second kappa shape index (κ2) is 8.94. The van der Waals surface area contributed by atoms with Crippen LogP contribution in [0.2, 0.25) is 0 Å². The molecule has 2 aromatic carbocycles. The molecular weight excluding hydrogens is 434 g/mol. The van der Waals surface area contributed by atoms with Crippen LogP contribution in [0.3, 0.4) is 0 Å². The van der Waals surface area contributed by atoms with Crippen molar-refractivity contribution in [1.82, 2.24) is 9.29 Å². The molecule has 0 unspecified atom stereocenters. The van der Waals surface area contributed by atoms with Gasteiger partial charge in [0.25, 0.3) is 5.91 Å². The normalized spacial score (nSPS) is 15.8. The topological polar surface area (TPSA) is 88.6 Å². The number of aromatic nitrogens is 1. The Kier molecular flexibility index (Phi) is 6.27. The Morgan fingerprint density at radius 2 is 1.90 bits per heavy atom. The number of rotatable bonds is 6. The number of nitrogens with zero attached hydrogens (tertiary/aromatic N) is 2. The molecule has 31 heavy (non-hydrogen) atoms. The first kappa shape index (κ1) is 21.7. The van der Waals surface area contributed by atoms with Gasteiger partial charge in [-0.1, -0.05) is 24.3 Å². The van der Waals surface area contributed by atoms with Crippen molar-refractivity contribution in [2.75, 3.05) is 25.0 Å². The Bertz CT molecular complexity index is 1180. The summed E-state index contributed by atoms with van der Waals surface area (Å²) < 4.78 is 33.7. The number of ether oxygens (including phenoxy) is 1. The number of nitrogens with one attached hydrogen (secondary N) is 1. The number of piperidine rings is 1. The molecule has 1 N–H and O–H groups in total. The quantitative estimate of drug-likeness (QED) is 0.591. The van der Waals surface area contributed by atoms with Crippen molar-refractivity contribution < 1.29 is 17.9 Å². The third-order valence-corrected chi connectivity index (χ3v) is 8.25. The fourth-order valence-electron chi connectivity index (χ4n) is 3.57. The largest absolute Gasteiger partial charge is 0.492 e. The van der Waals surface area contributed by atoms with E-state index in [-0.39, 0.29) is 10.8 Å². The molecule has 1 aliphatic rings. The van der Waals surface area contributed by atoms with Gasteiger partial charge in [0, 0.05) is 18.7 Å². The Balaban J connectivity index is 1.49. The number of fused-ring (bicyclic) bond motifs is 1. The second-order valence-corrected chi connectivity index (χ2v) is 10.6. The van der Waals surface area contributed by atoms with E-state index >= 15 is 0 Å². The summed E-state index contributed by atoms with van der Waals surface area (Å²) >= 11 is 1.36. The van der Waals surface area contributed by atoms with Gasteiger partial charge in [-0.15, -0.1) is 0 Å². The van der Waals surface area contributed by atoms with Gasteiger partial charge in [0.1, 0.15) is 11.3 Å². The number of carbonyl (C=O) groups excluding carboxylic acids is 1. The maximum atomic E-state index is 12.9. The SMILES string of the molecule is CCOc1cccc2sc(NC(=O)c3ccc(S(=O)(=O)N4CCC(C)CC4)cc3)nc12. The highest BCUT2D eigenvalue weighted by Crippen LogP contribution is 2.32. The van der Waals surface area contributed by atoms with Crippen LogP contribution >= 0.6 is 11.3 Å². The second-order valence-electron chi connectivity index (χ2n) is 7.62. The van der Waals surface area contributed by atoms with Gasteiger partial charge < -0.3 is 4.74 Å². The van der Waals surface area contributed by atoms with Crippen molar-refractivity contribution >= 4 is 42.6 Å². The molecule has 0 atom stereocenters. The molecular formula is C22H25N3O4S2. The van der Waals surface area contributed by atoms with Gasteiger partial charge in [0.2, 0.25) is 10.0 Å². The van der Waals surface area contributed by atoms with Gasteiger partial charge in [-0.05, 0) is 62.1 Å². The summed E-state index contributed by atoms with van der Waals surface area (Å²) in [6, 6.07) is 11.7. The lowest BCUT2D eigenvalue weighted by Crippen LogP contribution is -2.37. The van der Waals surface area contributed by atoms with Gasteiger partial charge in [0.05, 0.1) is 16.2 Å². The van der Waals surface area contributed by atoms with Crippen molar-refractivity contribution in [2.24, 2.45) is 5.92 Å². The molecule has 164 valence electrons. The Labute approximate surface area is 186 Å². The molecule has 0 radical (unpaired) electrons. The summed E-state index contributed by atoms with van der Waals surface area (Å²) in [6.07, 6.45) is 1.74. The summed E-state index contributed by atoms with van der Waals surface area (Å²) in [5, 5.41) is 3.26. The predicted molar refractivity (Wildman–Crippen MR) is 122 cm³/mol. The fraction of sp³-hybridized carbons (Fsp3) is 0.364. The highest BCUT2D eigenvalue weighted by Gasteiger charge is 2.28. The van der Waals surface area contributed by atoms with Crippen LogP contribution in [0.5, 0.6) is 5.75 Å². The molecule has 1 amide bonds. The van der Waals surface area contributed by atoms with Crippen LogP contribution in [0.4, 0.5) is 5.13 Å². The van der Waals surface area contributed by atoms with E-state index < -0.39 is 10.0 Å². The van der Waals surface area contributed by atoms with Gasteiger partial charge in [-0.25, -0.2) is 13.4 Å². The molecule has 0 spiro atoms. The Morgan fingerprint density at radius 3 is 2.58 bits per heavy atom. The highest BCUT2D eigenvalue weighted by molar-refractivity contribution is 7.89. The van der Waals surface area contributed by atoms with Gasteiger partial charge in [-0.3, -0.25) is 10.1 Å². The van der Waals surface area contributed by atoms with E-state index in [0.29, 0.717) is 47.6 Å². The summed E-state index contributed by atoms with van der Waals surface area (Å²) in [7, 11) is -3.54. The van der Waals surface area contributed by atoms with E-state index in [1.807, 2.05) is 25.1 Å². The molecule has 0 bridgehead atoms. The summed E-state index contributed by atoms with van der Waals surface area (Å²) in [5.74, 6) is 0.885. The van der Waals surface area contributed by atoms with Gasteiger partial charge in [0.15, 0.2) is 5.13 Å². The molecule has 1 fully saturated rings. The van der Waals surface area contributed by atoms with Crippen LogP contribution in [-0.2, 0) is 10.0 Å². The van der Waals surface area contributed by atoms with Crippen molar-refractivity contribution in [3.63, 3.8) is 0 Å². The van der Waals surface area contributed by atoms with Gasteiger partial charge in [-0.2, -0.15) is 4.31 Å². The maximum Gasteiger partial charge on any atom is 0.257 e. The van der Waals surface area contributed by atoms with Crippen LogP contribution in [-0.4, -0.2) is 43.3 Å². The highest BCUT2D eigenvalue weighted by atomic mass is 32.2. The van der Waals surface area contributed by atoms with Crippen LogP contribution in [0, 0.1) is 5.92 Å². The average Bonchev–Trinajstić information content (AvgIpc) is 3.18. The van der Waals surface area contributed by atoms with Crippen molar-refractivity contribution in [1.29, 1.82) is 0 Å². The molecule has 1 aromatic heterocycles. The number of amides is 1. The van der Waals surface area contributed by atoms with E-state index in [0.717, 1.165) is 17.5 Å². The number of hydrogen-bond acceptors (Lipinski definition) is 6. The van der Waals surface area contributed by atoms with E-state index in [4.69, 9.17) is 4.74 Å². The number of carbonyl (C=O) groups is 1. The number of hydrogen-bond donors (Lipinski definition) is 1. The summed E-state index contributed by atoms with van der Waals surface area (Å²) in [5.41, 5.74) is 1.08. The molecule has 1 aliphatic heterocycles. The predicted octanol–water partition coefficient (Wildman–Crippen LogP) is 4.37. The number of benzene rings is 2. The minimum absolute atomic E-state index is 0.208. The minimum Gasteiger partial charge on any atom is -0.492 e. The van der Waals surface area contributed by atoms with E-state index in [1.165, 1.54) is 39.9 Å². The number of anilines is 1. The molecule has 0 aliphatic carbocycles. The first-order valence-corrected chi connectivity index (χ1v) is 12.6. The molecule has 3 aromatic rings. The van der Waals surface area contributed by atoms with Crippen molar-refractivity contribution in [3.8, 4) is 5.75 Å². The number of para-hydroxylation sites is 1. The molecule has 1 saturated heterocycles. The molecule has 7 nitrogen and oxygen atoms in total. The van der Waals surface area contributed by atoms with Crippen LogP contribution in [0.15, 0.2) is 47.4 Å². The summed E-state index contributed by atoms with van der Waals surface area (Å²) in [4.78, 5) is 17.4. The third kappa shape index (κ3) is 4.58. The summed E-state index contributed by atoms with van der Waals surface area (Å²) in [6.45, 7) is 5.65. The first-order chi connectivity index (χ1) is 14.9. The molecule has 9 heteroatoms. The maximum absolute atomic E-state index is 12.9.